The summed E-state index contributed by atoms with van der Waals surface area (Å²) in [6.45, 7) is -0.639. The van der Waals surface area contributed by atoms with Crippen LogP contribution >= 0.6 is 0 Å². The molecule has 2 aromatic carbocycles. The largest absolute Gasteiger partial charge is 0.507 e. The Morgan fingerprint density at radius 1 is 1.06 bits per heavy atom. The third kappa shape index (κ3) is 4.16. The molecule has 2 aromatic rings. The van der Waals surface area contributed by atoms with Gasteiger partial charge in [-0.25, -0.2) is 0 Å². The first-order chi connectivity index (χ1) is 15.7. The molecule has 0 radical (unpaired) electrons. The highest BCUT2D eigenvalue weighted by Crippen LogP contribution is 2.46. The lowest BCUT2D eigenvalue weighted by Crippen LogP contribution is -2.60. The number of carbonyl (C=O) groups is 1. The van der Waals surface area contributed by atoms with Crippen molar-refractivity contribution < 1.29 is 54.4 Å². The first-order valence-corrected chi connectivity index (χ1v) is 10.1. The molecule has 0 bridgehead atoms. The van der Waals surface area contributed by atoms with E-state index in [1.807, 2.05) is 0 Å². The van der Waals surface area contributed by atoms with Crippen molar-refractivity contribution in [3.8, 4) is 28.7 Å². The van der Waals surface area contributed by atoms with E-state index in [2.05, 4.69) is 0 Å². The number of aliphatic hydroxyl groups excluding tert-OH is 4. The molecular weight excluding hydrogens is 440 g/mol. The van der Waals surface area contributed by atoms with Crippen molar-refractivity contribution in [1.29, 1.82) is 0 Å². The van der Waals surface area contributed by atoms with Gasteiger partial charge in [-0.1, -0.05) is 6.07 Å². The van der Waals surface area contributed by atoms with E-state index in [0.29, 0.717) is 0 Å². The van der Waals surface area contributed by atoms with E-state index in [1.54, 1.807) is 0 Å². The van der Waals surface area contributed by atoms with Gasteiger partial charge in [-0.3, -0.25) is 4.79 Å². The van der Waals surface area contributed by atoms with Crippen molar-refractivity contribution in [1.82, 2.24) is 0 Å². The number of phenols is 2. The van der Waals surface area contributed by atoms with Gasteiger partial charge in [-0.2, -0.15) is 0 Å². The van der Waals surface area contributed by atoms with Crippen molar-refractivity contribution in [2.24, 2.45) is 0 Å². The third-order valence-electron chi connectivity index (χ3n) is 5.67. The molecule has 0 saturated carbocycles. The summed E-state index contributed by atoms with van der Waals surface area (Å²) in [5, 5.41) is 60.3. The van der Waals surface area contributed by atoms with Crippen molar-refractivity contribution in [2.75, 3.05) is 13.7 Å². The number of fused-ring (bicyclic) bond motifs is 1. The minimum atomic E-state index is -1.67. The number of methoxy groups -OCH3 is 1. The number of hydrogen-bond acceptors (Lipinski definition) is 11. The summed E-state index contributed by atoms with van der Waals surface area (Å²) in [7, 11) is 1.39. The molecule has 2 aliphatic rings. The maximum absolute atomic E-state index is 12.8. The Morgan fingerprint density at radius 2 is 1.82 bits per heavy atom. The normalized spacial score (nSPS) is 29.2. The average Bonchev–Trinajstić information content (AvgIpc) is 2.78. The number of ether oxygens (including phenoxy) is 4. The summed E-state index contributed by atoms with van der Waals surface area (Å²) in [5.74, 6) is -0.727. The summed E-state index contributed by atoms with van der Waals surface area (Å²) in [4.78, 5) is 12.8. The Labute approximate surface area is 188 Å². The van der Waals surface area contributed by atoms with E-state index in [9.17, 15) is 35.4 Å². The minimum absolute atomic E-state index is 0.0149. The molecule has 11 heteroatoms. The molecule has 6 N–H and O–H groups in total. The smallest absolute Gasteiger partial charge is 0.229 e. The van der Waals surface area contributed by atoms with Gasteiger partial charge >= 0.3 is 0 Å². The molecule has 0 amide bonds. The molecule has 0 aliphatic carbocycles. The molecule has 11 nitrogen and oxygen atoms in total. The van der Waals surface area contributed by atoms with Crippen LogP contribution in [0.25, 0.3) is 0 Å². The number of hydrogen-bond donors (Lipinski definition) is 6. The molecule has 0 aromatic heterocycles. The van der Waals surface area contributed by atoms with E-state index in [1.165, 1.54) is 37.4 Å². The number of rotatable bonds is 5. The summed E-state index contributed by atoms with van der Waals surface area (Å²) in [5.41, 5.74) is 0.0506. The van der Waals surface area contributed by atoms with E-state index in [4.69, 9.17) is 18.9 Å². The molecule has 1 saturated heterocycles. The molecule has 6 atom stereocenters. The number of phenolic OH excluding ortho intramolecular Hbond substituents is 2. The van der Waals surface area contributed by atoms with Crippen LogP contribution in [0.15, 0.2) is 30.3 Å². The quantitative estimate of drug-likeness (QED) is 0.351. The SMILES string of the molecule is COc1cc(O)c2c(c1)O[C@H](c1c(O)cccc1O[C@H]1O[C@H](CO)[C@@H](O)[C@H](O)[C@H]1O)CC2=O. The lowest BCUT2D eigenvalue weighted by atomic mass is 9.94. The molecular formula is C22H24O11. The predicted molar refractivity (Wildman–Crippen MR) is 109 cm³/mol. The Bertz CT molecular complexity index is 1040. The van der Waals surface area contributed by atoms with E-state index >= 15 is 0 Å². The van der Waals surface area contributed by atoms with Gasteiger partial charge in [0.1, 0.15) is 64.8 Å². The molecule has 33 heavy (non-hydrogen) atoms. The third-order valence-corrected chi connectivity index (χ3v) is 5.67. The number of ketones is 1. The van der Waals surface area contributed by atoms with Gasteiger partial charge in [0.05, 0.1) is 25.7 Å². The molecule has 0 unspecified atom stereocenters. The van der Waals surface area contributed by atoms with Crippen LogP contribution < -0.4 is 14.2 Å². The van der Waals surface area contributed by atoms with Crippen LogP contribution in [0.3, 0.4) is 0 Å². The van der Waals surface area contributed by atoms with Crippen LogP contribution in [0.2, 0.25) is 0 Å². The van der Waals surface area contributed by atoms with Crippen LogP contribution in [0, 0.1) is 0 Å². The number of carbonyl (C=O) groups excluding carboxylic acids is 1. The van der Waals surface area contributed by atoms with Crippen LogP contribution in [-0.4, -0.2) is 80.8 Å². The molecule has 0 spiro atoms. The zero-order chi connectivity index (χ0) is 23.9. The van der Waals surface area contributed by atoms with Gasteiger partial charge in [0.2, 0.25) is 6.29 Å². The van der Waals surface area contributed by atoms with Gasteiger partial charge in [0.25, 0.3) is 0 Å². The van der Waals surface area contributed by atoms with Crippen LogP contribution in [-0.2, 0) is 4.74 Å². The number of benzene rings is 2. The first kappa shape index (κ1) is 23.1. The highest BCUT2D eigenvalue weighted by molar-refractivity contribution is 6.02. The maximum atomic E-state index is 12.8. The fraction of sp³-hybridized carbons (Fsp3) is 0.409. The van der Waals surface area contributed by atoms with Crippen molar-refractivity contribution >= 4 is 5.78 Å². The van der Waals surface area contributed by atoms with Crippen molar-refractivity contribution in [3.05, 3.63) is 41.5 Å². The molecule has 1 fully saturated rings. The predicted octanol–water partition coefficient (Wildman–Crippen LogP) is -0.00840. The van der Waals surface area contributed by atoms with E-state index in [0.717, 1.165) is 0 Å². The second-order valence-electron chi connectivity index (χ2n) is 7.76. The second kappa shape index (κ2) is 9.04. The van der Waals surface area contributed by atoms with Gasteiger partial charge < -0.3 is 49.6 Å². The van der Waals surface area contributed by atoms with Crippen LogP contribution in [0.4, 0.5) is 0 Å². The lowest BCUT2D eigenvalue weighted by molar-refractivity contribution is -0.277. The topological polar surface area (TPSA) is 175 Å². The lowest BCUT2D eigenvalue weighted by Gasteiger charge is -2.40. The van der Waals surface area contributed by atoms with E-state index in [-0.39, 0.29) is 46.3 Å². The zero-order valence-electron chi connectivity index (χ0n) is 17.5. The molecule has 2 aliphatic heterocycles. The summed E-state index contributed by atoms with van der Waals surface area (Å²) < 4.78 is 22.1. The van der Waals surface area contributed by atoms with E-state index < -0.39 is 49.2 Å². The molecule has 2 heterocycles. The second-order valence-corrected chi connectivity index (χ2v) is 7.76. The number of aromatic hydroxyl groups is 2. The highest BCUT2D eigenvalue weighted by atomic mass is 16.7. The summed E-state index contributed by atoms with van der Waals surface area (Å²) >= 11 is 0. The molecule has 178 valence electrons. The Morgan fingerprint density at radius 3 is 2.52 bits per heavy atom. The Kier molecular flexibility index (Phi) is 6.32. The maximum Gasteiger partial charge on any atom is 0.229 e. The fourth-order valence-electron chi connectivity index (χ4n) is 3.94. The van der Waals surface area contributed by atoms with Gasteiger partial charge in [0.15, 0.2) is 5.78 Å². The minimum Gasteiger partial charge on any atom is -0.507 e. The van der Waals surface area contributed by atoms with Gasteiger partial charge in [-0.05, 0) is 12.1 Å². The zero-order valence-corrected chi connectivity index (χ0v) is 17.5. The average molecular weight is 464 g/mol. The summed E-state index contributed by atoms with van der Waals surface area (Å²) in [6, 6.07) is 6.95. The van der Waals surface area contributed by atoms with Crippen molar-refractivity contribution in [2.45, 2.75) is 43.2 Å². The summed E-state index contributed by atoms with van der Waals surface area (Å²) in [6.07, 6.45) is -8.86. The van der Waals surface area contributed by atoms with Gasteiger partial charge in [0, 0.05) is 12.1 Å². The number of aliphatic hydroxyl groups is 4. The molecule has 4 rings (SSSR count). The highest BCUT2D eigenvalue weighted by Gasteiger charge is 2.45. The van der Waals surface area contributed by atoms with Gasteiger partial charge in [-0.15, -0.1) is 0 Å². The number of Topliss-reactive ketones (excluding diaryl/α,β-unsaturated/α-hetero) is 1. The fourth-order valence-corrected chi connectivity index (χ4v) is 3.94. The van der Waals surface area contributed by atoms with Crippen molar-refractivity contribution in [3.63, 3.8) is 0 Å². The standard InChI is InChI=1S/C22H24O11/c1-30-9-5-11(25)17-12(26)7-15(31-14(17)6-9)18-10(24)3-2-4-13(18)32-22-21(29)20(28)19(27)16(8-23)33-22/h2-6,15-16,19-25,27-29H,7-8H2,1H3/t15-,16+,19+,20-,21+,22-/m0/s1. The Hall–Kier alpha value is -3.09. The first-order valence-electron chi connectivity index (χ1n) is 10.1. The van der Waals surface area contributed by atoms with Crippen LogP contribution in [0.5, 0.6) is 28.7 Å². The van der Waals surface area contributed by atoms with Crippen LogP contribution in [0.1, 0.15) is 28.4 Å². The Balaban J connectivity index is 1.67. The monoisotopic (exact) mass is 464 g/mol.